The van der Waals surface area contributed by atoms with Crippen LogP contribution in [0.2, 0.25) is 0 Å². The molecule has 0 radical (unpaired) electrons. The van der Waals surface area contributed by atoms with Crippen molar-refractivity contribution in [1.82, 2.24) is 4.90 Å². The molecule has 8 nitrogen and oxygen atoms in total. The van der Waals surface area contributed by atoms with E-state index in [1.165, 1.54) is 38.5 Å². The monoisotopic (exact) mass is 400 g/mol. The molecule has 0 aromatic heterocycles. The summed E-state index contributed by atoms with van der Waals surface area (Å²) >= 11 is 0.837. The first-order valence-electron chi connectivity index (χ1n) is 8.13. The Morgan fingerprint density at radius 3 is 2.43 bits per heavy atom. The minimum absolute atomic E-state index is 0.0414. The van der Waals surface area contributed by atoms with Gasteiger partial charge in [-0.1, -0.05) is 12.1 Å². The molecule has 0 spiro atoms. The third kappa shape index (κ3) is 3.99. The number of amides is 2. The van der Waals surface area contributed by atoms with Crippen molar-refractivity contribution in [1.29, 1.82) is 0 Å². The maximum absolute atomic E-state index is 12.7. The van der Waals surface area contributed by atoms with Gasteiger partial charge in [-0.2, -0.15) is 0 Å². The number of benzene rings is 2. The Bertz CT molecular complexity index is 971. The van der Waals surface area contributed by atoms with Crippen molar-refractivity contribution in [3.05, 3.63) is 68.6 Å². The molecule has 3 rings (SSSR count). The van der Waals surface area contributed by atoms with Gasteiger partial charge in [0.05, 0.1) is 30.6 Å². The summed E-state index contributed by atoms with van der Waals surface area (Å²) in [7, 11) is 3.05. The van der Waals surface area contributed by atoms with E-state index in [0.717, 1.165) is 16.7 Å². The molecule has 28 heavy (non-hydrogen) atoms. The van der Waals surface area contributed by atoms with Crippen molar-refractivity contribution in [2.24, 2.45) is 0 Å². The van der Waals surface area contributed by atoms with Crippen LogP contribution >= 0.6 is 11.8 Å². The third-order valence-electron chi connectivity index (χ3n) is 4.09. The van der Waals surface area contributed by atoms with Crippen LogP contribution in [0.25, 0.3) is 6.08 Å². The molecule has 0 atom stereocenters. The van der Waals surface area contributed by atoms with Crippen molar-refractivity contribution in [2.75, 3.05) is 14.2 Å². The lowest BCUT2D eigenvalue weighted by molar-refractivity contribution is -0.384. The largest absolute Gasteiger partial charge is 0.497 e. The van der Waals surface area contributed by atoms with Crippen molar-refractivity contribution < 1.29 is 24.0 Å². The number of hydrogen-bond donors (Lipinski definition) is 0. The van der Waals surface area contributed by atoms with Gasteiger partial charge in [0.15, 0.2) is 0 Å². The molecule has 9 heteroatoms. The topological polar surface area (TPSA) is 99.0 Å². The summed E-state index contributed by atoms with van der Waals surface area (Å²) < 4.78 is 10.5. The summed E-state index contributed by atoms with van der Waals surface area (Å²) in [5.41, 5.74) is 1.21. The smallest absolute Gasteiger partial charge is 0.293 e. The molecular formula is C19H16N2O6S. The van der Waals surface area contributed by atoms with Gasteiger partial charge < -0.3 is 9.47 Å². The molecule has 2 amide bonds. The maximum Gasteiger partial charge on any atom is 0.293 e. The average Bonchev–Trinajstić information content (AvgIpc) is 2.96. The first kappa shape index (κ1) is 19.4. The molecule has 0 bridgehead atoms. The first-order chi connectivity index (χ1) is 13.4. The van der Waals surface area contributed by atoms with E-state index in [0.29, 0.717) is 22.6 Å². The van der Waals surface area contributed by atoms with E-state index < -0.39 is 16.1 Å². The van der Waals surface area contributed by atoms with Crippen LogP contribution in [-0.2, 0) is 11.3 Å². The van der Waals surface area contributed by atoms with Gasteiger partial charge in [-0.25, -0.2) is 0 Å². The molecule has 1 aliphatic heterocycles. The Kier molecular flexibility index (Phi) is 5.65. The number of thioether (sulfide) groups is 1. The molecule has 1 fully saturated rings. The van der Waals surface area contributed by atoms with Crippen molar-refractivity contribution in [3.63, 3.8) is 0 Å². The van der Waals surface area contributed by atoms with Crippen LogP contribution in [0.15, 0.2) is 47.4 Å². The first-order valence-corrected chi connectivity index (χ1v) is 8.95. The highest BCUT2D eigenvalue weighted by molar-refractivity contribution is 8.18. The van der Waals surface area contributed by atoms with Gasteiger partial charge >= 0.3 is 0 Å². The number of nitrogens with zero attached hydrogens (tertiary/aromatic N) is 2. The van der Waals surface area contributed by atoms with Crippen molar-refractivity contribution in [2.45, 2.75) is 6.54 Å². The molecule has 1 heterocycles. The van der Waals surface area contributed by atoms with Gasteiger partial charge in [0.2, 0.25) is 0 Å². The van der Waals surface area contributed by atoms with Gasteiger partial charge in [-0.05, 0) is 35.5 Å². The highest BCUT2D eigenvalue weighted by atomic mass is 32.2. The van der Waals surface area contributed by atoms with E-state index in [-0.39, 0.29) is 17.1 Å². The van der Waals surface area contributed by atoms with Crippen LogP contribution in [0.3, 0.4) is 0 Å². The Morgan fingerprint density at radius 2 is 1.82 bits per heavy atom. The zero-order chi connectivity index (χ0) is 20.3. The fraction of sp³-hybridized carbons (Fsp3) is 0.158. The van der Waals surface area contributed by atoms with Crippen LogP contribution in [0.5, 0.6) is 11.5 Å². The lowest BCUT2D eigenvalue weighted by Crippen LogP contribution is -2.27. The summed E-state index contributed by atoms with van der Waals surface area (Å²) in [6.45, 7) is 0.0414. The zero-order valence-electron chi connectivity index (χ0n) is 15.1. The molecular weight excluding hydrogens is 384 g/mol. The SMILES string of the molecule is COc1ccc(/C=C2/SC(=O)N(Cc3ccc([N+](=O)[O-])cc3)C2=O)c(OC)c1. The molecule has 144 valence electrons. The van der Waals surface area contributed by atoms with Crippen molar-refractivity contribution >= 4 is 34.7 Å². The lowest BCUT2D eigenvalue weighted by atomic mass is 10.1. The van der Waals surface area contributed by atoms with Gasteiger partial charge in [0.1, 0.15) is 11.5 Å². The highest BCUT2D eigenvalue weighted by Gasteiger charge is 2.35. The number of methoxy groups -OCH3 is 2. The molecule has 0 aliphatic carbocycles. The minimum Gasteiger partial charge on any atom is -0.497 e. The number of non-ortho nitro benzene ring substituents is 1. The fourth-order valence-electron chi connectivity index (χ4n) is 2.62. The highest BCUT2D eigenvalue weighted by Crippen LogP contribution is 2.35. The second kappa shape index (κ2) is 8.13. The second-order valence-electron chi connectivity index (χ2n) is 5.80. The predicted molar refractivity (Wildman–Crippen MR) is 104 cm³/mol. The Labute approximate surface area is 164 Å². The van der Waals surface area contributed by atoms with E-state index in [9.17, 15) is 19.7 Å². The normalized spacial score (nSPS) is 15.2. The lowest BCUT2D eigenvalue weighted by Gasteiger charge is -2.12. The average molecular weight is 400 g/mol. The maximum atomic E-state index is 12.7. The number of carbonyl (C=O) groups is 2. The quantitative estimate of drug-likeness (QED) is 0.412. The van der Waals surface area contributed by atoms with E-state index >= 15 is 0 Å². The van der Waals surface area contributed by atoms with Gasteiger partial charge in [-0.3, -0.25) is 24.6 Å². The van der Waals surface area contributed by atoms with Crippen LogP contribution < -0.4 is 9.47 Å². The van der Waals surface area contributed by atoms with Crippen LogP contribution in [0.4, 0.5) is 10.5 Å². The fourth-order valence-corrected chi connectivity index (χ4v) is 3.45. The number of imide groups is 1. The Hall–Kier alpha value is -3.33. The summed E-state index contributed by atoms with van der Waals surface area (Å²) in [6, 6.07) is 10.9. The number of carbonyl (C=O) groups excluding carboxylic acids is 2. The number of rotatable bonds is 6. The zero-order valence-corrected chi connectivity index (χ0v) is 15.9. The van der Waals surface area contributed by atoms with Gasteiger partial charge in [0, 0.05) is 23.8 Å². The Morgan fingerprint density at radius 1 is 1.11 bits per heavy atom. The molecule has 1 saturated heterocycles. The van der Waals surface area contributed by atoms with Crippen LogP contribution in [-0.4, -0.2) is 35.2 Å². The molecule has 2 aromatic carbocycles. The third-order valence-corrected chi connectivity index (χ3v) is 5.00. The van der Waals surface area contributed by atoms with E-state index in [1.54, 1.807) is 24.3 Å². The van der Waals surface area contributed by atoms with E-state index in [2.05, 4.69) is 0 Å². The minimum atomic E-state index is -0.505. The summed E-state index contributed by atoms with van der Waals surface area (Å²) in [5.74, 6) is 0.702. The van der Waals surface area contributed by atoms with Crippen LogP contribution in [0.1, 0.15) is 11.1 Å². The molecule has 2 aromatic rings. The van der Waals surface area contributed by atoms with Crippen molar-refractivity contribution in [3.8, 4) is 11.5 Å². The summed E-state index contributed by atoms with van der Waals surface area (Å²) in [4.78, 5) is 36.6. The molecule has 0 unspecified atom stereocenters. The van der Waals surface area contributed by atoms with Crippen LogP contribution in [0, 0.1) is 10.1 Å². The molecule has 0 saturated carbocycles. The number of hydrogen-bond acceptors (Lipinski definition) is 7. The number of nitro groups is 1. The number of nitro benzene ring substituents is 1. The summed E-state index contributed by atoms with van der Waals surface area (Å²) in [6.07, 6.45) is 1.60. The Balaban J connectivity index is 1.81. The standard InChI is InChI=1S/C19H16N2O6S/c1-26-15-8-5-13(16(10-15)27-2)9-17-18(22)20(19(23)28-17)11-12-3-6-14(7-4-12)21(24)25/h3-10H,11H2,1-2H3/b17-9+. The van der Waals surface area contributed by atoms with E-state index in [1.807, 2.05) is 0 Å². The second-order valence-corrected chi connectivity index (χ2v) is 6.79. The van der Waals surface area contributed by atoms with E-state index in [4.69, 9.17) is 9.47 Å². The molecule has 1 aliphatic rings. The predicted octanol–water partition coefficient (Wildman–Crippen LogP) is 3.85. The number of ether oxygens (including phenoxy) is 2. The van der Waals surface area contributed by atoms with Gasteiger partial charge in [-0.15, -0.1) is 0 Å². The summed E-state index contributed by atoms with van der Waals surface area (Å²) in [5, 5.41) is 10.3. The van der Waals surface area contributed by atoms with Gasteiger partial charge in [0.25, 0.3) is 16.8 Å². The molecule has 0 N–H and O–H groups in total.